The fourth-order valence-electron chi connectivity index (χ4n) is 2.17. The monoisotopic (exact) mass is 454 g/mol. The highest BCUT2D eigenvalue weighted by Gasteiger charge is 2.21. The Morgan fingerprint density at radius 2 is 1.83 bits per heavy atom. The minimum Gasteiger partial charge on any atom is -0.469 e. The third kappa shape index (κ3) is 7.03. The van der Waals surface area contributed by atoms with Crippen LogP contribution in [0.3, 0.4) is 0 Å². The highest BCUT2D eigenvalue weighted by atomic mass is 32.2. The van der Waals surface area contributed by atoms with E-state index in [1.165, 1.54) is 30.6 Å². The molecule has 30 heavy (non-hydrogen) atoms. The van der Waals surface area contributed by atoms with Crippen molar-refractivity contribution in [1.82, 2.24) is 4.98 Å². The lowest BCUT2D eigenvalue weighted by Gasteiger charge is -2.16. The molecule has 1 amide bonds. The summed E-state index contributed by atoms with van der Waals surface area (Å²) in [6.45, 7) is 5.67. The van der Waals surface area contributed by atoms with E-state index >= 15 is 0 Å². The summed E-state index contributed by atoms with van der Waals surface area (Å²) < 4.78 is 21.6. The molecular weight excluding hydrogens is 428 g/mol. The zero-order valence-electron chi connectivity index (χ0n) is 17.2. The predicted molar refractivity (Wildman–Crippen MR) is 117 cm³/mol. The maximum atomic E-state index is 12.6. The van der Waals surface area contributed by atoms with Gasteiger partial charge in [0, 0.05) is 22.4 Å². The fourth-order valence-corrected chi connectivity index (χ4v) is 3.83. The second kappa shape index (κ2) is 10.4. The van der Waals surface area contributed by atoms with E-state index in [2.05, 4.69) is 15.0 Å². The van der Waals surface area contributed by atoms with Crippen molar-refractivity contribution >= 4 is 45.1 Å². The topological polar surface area (TPSA) is 112 Å². The smallest absolute Gasteiger partial charge is 0.311 e. The number of anilines is 1. The van der Waals surface area contributed by atoms with E-state index in [9.17, 15) is 18.6 Å². The molecule has 164 valence electrons. The highest BCUT2D eigenvalue weighted by Crippen LogP contribution is 2.24. The van der Waals surface area contributed by atoms with Gasteiger partial charge in [-0.3, -0.25) is 23.9 Å². The van der Waals surface area contributed by atoms with Gasteiger partial charge in [-0.2, -0.15) is 0 Å². The van der Waals surface area contributed by atoms with Gasteiger partial charge in [0.1, 0.15) is 5.75 Å². The maximum absolute atomic E-state index is 12.6. The van der Waals surface area contributed by atoms with Crippen molar-refractivity contribution in [2.24, 2.45) is 0 Å². The van der Waals surface area contributed by atoms with Crippen molar-refractivity contribution in [1.29, 1.82) is 0 Å². The number of thiazole rings is 1. The zero-order chi connectivity index (χ0) is 22.3. The number of amides is 1. The second-order valence-electron chi connectivity index (χ2n) is 7.25. The van der Waals surface area contributed by atoms with Gasteiger partial charge in [0.25, 0.3) is 5.91 Å². The predicted octanol–water partition coefficient (Wildman–Crippen LogP) is 3.55. The van der Waals surface area contributed by atoms with Crippen LogP contribution in [0.5, 0.6) is 5.75 Å². The number of rotatable bonds is 8. The second-order valence-corrected chi connectivity index (χ2v) is 10.3. The number of aromatic nitrogens is 1. The van der Waals surface area contributed by atoms with E-state index in [1.54, 1.807) is 17.5 Å². The molecule has 0 spiro atoms. The summed E-state index contributed by atoms with van der Waals surface area (Å²) >= 11 is 1.22. The van der Waals surface area contributed by atoms with Crippen LogP contribution in [0.25, 0.3) is 0 Å². The first kappa shape index (κ1) is 23.7. The van der Waals surface area contributed by atoms with Gasteiger partial charge in [-0.05, 0) is 32.9 Å². The molecule has 0 aliphatic rings. The van der Waals surface area contributed by atoms with Gasteiger partial charge < -0.3 is 9.47 Å². The van der Waals surface area contributed by atoms with Gasteiger partial charge >= 0.3 is 11.9 Å². The van der Waals surface area contributed by atoms with E-state index in [-0.39, 0.29) is 30.3 Å². The number of hydrogen-bond donors (Lipinski definition) is 1. The Hall–Kier alpha value is -2.59. The number of methoxy groups -OCH3 is 1. The number of para-hydroxylation sites is 1. The summed E-state index contributed by atoms with van der Waals surface area (Å²) in [5.74, 6) is -1.30. The number of hydrogen-bond acceptors (Lipinski definition) is 8. The van der Waals surface area contributed by atoms with Gasteiger partial charge in [-0.25, -0.2) is 4.98 Å². The van der Waals surface area contributed by atoms with Crippen LogP contribution in [0.15, 0.2) is 29.6 Å². The van der Waals surface area contributed by atoms with Crippen molar-refractivity contribution in [3.05, 3.63) is 40.9 Å². The Kier molecular flexibility index (Phi) is 8.24. The van der Waals surface area contributed by atoms with Crippen LogP contribution in [-0.4, -0.2) is 38.9 Å². The van der Waals surface area contributed by atoms with Crippen LogP contribution in [0.2, 0.25) is 0 Å². The molecule has 1 aromatic heterocycles. The fraction of sp³-hybridized carbons (Fsp3) is 0.400. The summed E-state index contributed by atoms with van der Waals surface area (Å²) in [5.41, 5.74) is 0.782. The molecule has 0 aliphatic carbocycles. The minimum atomic E-state index is -1.10. The van der Waals surface area contributed by atoms with Crippen LogP contribution in [0.1, 0.15) is 51.1 Å². The van der Waals surface area contributed by atoms with E-state index in [4.69, 9.17) is 4.74 Å². The van der Waals surface area contributed by atoms with Crippen LogP contribution in [0, 0.1) is 0 Å². The van der Waals surface area contributed by atoms with E-state index < -0.39 is 28.6 Å². The molecule has 1 unspecified atom stereocenters. The van der Waals surface area contributed by atoms with Gasteiger partial charge in [-0.1, -0.05) is 12.1 Å². The van der Waals surface area contributed by atoms with Crippen molar-refractivity contribution < 1.29 is 29.5 Å². The molecule has 0 fully saturated rings. The van der Waals surface area contributed by atoms with Crippen molar-refractivity contribution in [2.45, 2.75) is 44.1 Å². The molecule has 0 radical (unpaired) electrons. The number of nitrogens with one attached hydrogen (secondary N) is 1. The Labute approximate surface area is 182 Å². The molecule has 0 saturated heterocycles. The Balaban J connectivity index is 0.00000480. The van der Waals surface area contributed by atoms with E-state index in [0.29, 0.717) is 16.6 Å². The van der Waals surface area contributed by atoms with Gasteiger partial charge in [-0.15, -0.1) is 11.3 Å². The molecule has 2 aromatic rings. The standard InChI is InChI=1S/C20H24N2O6S2.H2/c1-20(2,3)30(26)12-13-11-29-19(21-13)22-18(25)14-7-5-6-8-15(14)28-17(24)10-9-16(23)27-4;/h5-8,11H,9-10,12H2,1-4H3,(H,21,22,25);1H. The first-order valence-electron chi connectivity index (χ1n) is 9.11. The number of benzene rings is 1. The summed E-state index contributed by atoms with van der Waals surface area (Å²) in [4.78, 5) is 40.1. The Bertz CT molecular complexity index is 955. The molecule has 1 N–H and O–H groups in total. The molecule has 0 bridgehead atoms. The molecule has 8 nitrogen and oxygen atoms in total. The lowest BCUT2D eigenvalue weighted by Crippen LogP contribution is -2.23. The Morgan fingerprint density at radius 1 is 1.17 bits per heavy atom. The van der Waals surface area contributed by atoms with Crippen LogP contribution < -0.4 is 10.1 Å². The number of esters is 2. The molecule has 10 heteroatoms. The summed E-state index contributed by atoms with van der Waals surface area (Å²) in [5, 5.41) is 4.77. The first-order chi connectivity index (χ1) is 14.1. The highest BCUT2D eigenvalue weighted by molar-refractivity contribution is 7.85. The Morgan fingerprint density at radius 3 is 2.50 bits per heavy atom. The molecular formula is C20H26N2O6S2. The van der Waals surface area contributed by atoms with E-state index in [1.807, 2.05) is 20.8 Å². The summed E-state index contributed by atoms with van der Waals surface area (Å²) in [6, 6.07) is 6.27. The number of nitrogens with zero attached hydrogens (tertiary/aromatic N) is 1. The minimum absolute atomic E-state index is 0. The van der Waals surface area contributed by atoms with Crippen LogP contribution in [-0.2, 0) is 30.9 Å². The molecule has 2 rings (SSSR count). The molecule has 0 saturated carbocycles. The molecule has 1 heterocycles. The van der Waals surface area contributed by atoms with Crippen molar-refractivity contribution in [3.8, 4) is 5.75 Å². The lowest BCUT2D eigenvalue weighted by molar-refractivity contribution is -0.144. The van der Waals surface area contributed by atoms with Crippen molar-refractivity contribution in [2.75, 3.05) is 12.4 Å². The normalized spacial score (nSPS) is 12.1. The maximum Gasteiger partial charge on any atom is 0.311 e. The third-order valence-corrected chi connectivity index (χ3v) is 6.58. The quantitative estimate of drug-likeness (QED) is 0.479. The van der Waals surface area contributed by atoms with Gasteiger partial charge in [0.05, 0.1) is 37.0 Å². The van der Waals surface area contributed by atoms with Crippen LogP contribution in [0.4, 0.5) is 5.13 Å². The average molecular weight is 455 g/mol. The average Bonchev–Trinajstić information content (AvgIpc) is 3.12. The van der Waals surface area contributed by atoms with E-state index in [0.717, 1.165) is 0 Å². The van der Waals surface area contributed by atoms with Crippen LogP contribution >= 0.6 is 11.3 Å². The molecule has 0 aliphatic heterocycles. The van der Waals surface area contributed by atoms with Gasteiger partial charge in [0.2, 0.25) is 0 Å². The SMILES string of the molecule is COC(=O)CCC(=O)Oc1ccccc1C(=O)Nc1nc(CS(=O)C(C)(C)C)cs1.[HH]. The van der Waals surface area contributed by atoms with Crippen molar-refractivity contribution in [3.63, 3.8) is 0 Å². The zero-order valence-corrected chi connectivity index (χ0v) is 18.9. The number of carbonyl (C=O) groups is 3. The number of carbonyl (C=O) groups excluding carboxylic acids is 3. The first-order valence-corrected chi connectivity index (χ1v) is 11.3. The summed E-state index contributed by atoms with van der Waals surface area (Å²) in [6.07, 6.45) is -0.273. The lowest BCUT2D eigenvalue weighted by atomic mass is 10.2. The third-order valence-electron chi connectivity index (χ3n) is 3.85. The van der Waals surface area contributed by atoms with Gasteiger partial charge in [0.15, 0.2) is 5.13 Å². The summed E-state index contributed by atoms with van der Waals surface area (Å²) in [7, 11) is 0.135. The molecule has 1 atom stereocenters. The largest absolute Gasteiger partial charge is 0.469 e. The number of ether oxygens (including phenoxy) is 2. The molecule has 1 aromatic carbocycles.